The van der Waals surface area contributed by atoms with E-state index >= 15 is 0 Å². The van der Waals surface area contributed by atoms with Crippen molar-refractivity contribution in [3.05, 3.63) is 84.1 Å². The third kappa shape index (κ3) is 3.51. The molecule has 1 aliphatic heterocycles. The summed E-state index contributed by atoms with van der Waals surface area (Å²) in [5, 5.41) is 0. The molecule has 160 valence electrons. The van der Waals surface area contributed by atoms with E-state index in [1.54, 1.807) is 24.4 Å². The van der Waals surface area contributed by atoms with Gasteiger partial charge in [0.2, 0.25) is 0 Å². The molecule has 0 aliphatic carbocycles. The Morgan fingerprint density at radius 3 is 2.84 bits per heavy atom. The third-order valence-electron chi connectivity index (χ3n) is 5.73. The molecule has 1 N–H and O–H groups in total. The number of hydrogen-bond donors (Lipinski definition) is 1. The van der Waals surface area contributed by atoms with Gasteiger partial charge in [-0.1, -0.05) is 35.9 Å². The maximum absolute atomic E-state index is 13.7. The standard InChI is InChI=1S/C25H23N5O2/c1-15-5-4-6-17(11-15)22-23(27-10-9-26-22)25(31)30-14-16(2)12-21(30)24-28-19-8-7-18(32-3)13-20(19)29-24/h4-11,13,21H,2,12,14H2,1,3H3,(H,28,29)/t21-/m0/s1. The van der Waals surface area contributed by atoms with Gasteiger partial charge in [0.15, 0.2) is 5.69 Å². The highest BCUT2D eigenvalue weighted by Gasteiger charge is 2.36. The number of likely N-dealkylation sites (tertiary alicyclic amines) is 1. The van der Waals surface area contributed by atoms with Gasteiger partial charge in [0.25, 0.3) is 5.91 Å². The van der Waals surface area contributed by atoms with Gasteiger partial charge < -0.3 is 14.6 Å². The predicted molar refractivity (Wildman–Crippen MR) is 122 cm³/mol. The second-order valence-electron chi connectivity index (χ2n) is 8.03. The molecule has 7 nitrogen and oxygen atoms in total. The maximum atomic E-state index is 13.7. The molecule has 7 heteroatoms. The summed E-state index contributed by atoms with van der Waals surface area (Å²) in [4.78, 5) is 32.5. The maximum Gasteiger partial charge on any atom is 0.275 e. The summed E-state index contributed by atoms with van der Waals surface area (Å²) in [6.07, 6.45) is 3.81. The third-order valence-corrected chi connectivity index (χ3v) is 5.73. The van der Waals surface area contributed by atoms with Crippen LogP contribution in [0.25, 0.3) is 22.3 Å². The van der Waals surface area contributed by atoms with Crippen LogP contribution in [-0.2, 0) is 0 Å². The molecule has 0 spiro atoms. The quantitative estimate of drug-likeness (QED) is 0.488. The fraction of sp³-hybridized carbons (Fsp3) is 0.200. The highest BCUT2D eigenvalue weighted by atomic mass is 16.5. The Hall–Kier alpha value is -4.00. The first-order valence-electron chi connectivity index (χ1n) is 10.4. The van der Waals surface area contributed by atoms with Crippen molar-refractivity contribution in [1.29, 1.82) is 0 Å². The van der Waals surface area contributed by atoms with Crippen molar-refractivity contribution in [3.8, 4) is 17.0 Å². The zero-order valence-corrected chi connectivity index (χ0v) is 18.0. The first-order valence-corrected chi connectivity index (χ1v) is 10.4. The fourth-order valence-electron chi connectivity index (χ4n) is 4.18. The number of aryl methyl sites for hydroxylation is 1. The number of amides is 1. The average Bonchev–Trinajstić information content (AvgIpc) is 3.41. The number of hydrogen-bond acceptors (Lipinski definition) is 5. The summed E-state index contributed by atoms with van der Waals surface area (Å²) in [7, 11) is 1.63. The Kier molecular flexibility index (Phi) is 4.93. The first-order chi connectivity index (χ1) is 15.5. The van der Waals surface area contributed by atoms with Gasteiger partial charge in [0.1, 0.15) is 17.3 Å². The van der Waals surface area contributed by atoms with Crippen LogP contribution >= 0.6 is 0 Å². The Balaban J connectivity index is 1.53. The van der Waals surface area contributed by atoms with Crippen LogP contribution in [0.15, 0.2) is 67.0 Å². The van der Waals surface area contributed by atoms with Crippen molar-refractivity contribution < 1.29 is 9.53 Å². The van der Waals surface area contributed by atoms with Crippen LogP contribution in [0.2, 0.25) is 0 Å². The van der Waals surface area contributed by atoms with Crippen molar-refractivity contribution in [2.75, 3.05) is 13.7 Å². The van der Waals surface area contributed by atoms with E-state index in [0.29, 0.717) is 24.4 Å². The number of methoxy groups -OCH3 is 1. The predicted octanol–water partition coefficient (Wildman–Crippen LogP) is 4.48. The number of carbonyl (C=O) groups excluding carboxylic acids is 1. The van der Waals surface area contributed by atoms with Gasteiger partial charge >= 0.3 is 0 Å². The molecular weight excluding hydrogens is 402 g/mol. The lowest BCUT2D eigenvalue weighted by Gasteiger charge is -2.23. The molecule has 3 heterocycles. The molecule has 5 rings (SSSR count). The Morgan fingerprint density at radius 2 is 2.03 bits per heavy atom. The fourth-order valence-corrected chi connectivity index (χ4v) is 4.18. The summed E-state index contributed by atoms with van der Waals surface area (Å²) in [6, 6.07) is 13.4. The molecule has 32 heavy (non-hydrogen) atoms. The van der Waals surface area contributed by atoms with Crippen molar-refractivity contribution in [1.82, 2.24) is 24.8 Å². The summed E-state index contributed by atoms with van der Waals surface area (Å²) in [6.45, 7) is 6.60. The molecular formula is C25H23N5O2. The lowest BCUT2D eigenvalue weighted by Crippen LogP contribution is -2.32. The molecule has 0 saturated carbocycles. The zero-order valence-electron chi connectivity index (χ0n) is 18.0. The first kappa shape index (κ1) is 19.9. The monoisotopic (exact) mass is 425 g/mol. The number of aromatic nitrogens is 4. The van der Waals surface area contributed by atoms with Crippen molar-refractivity contribution in [2.45, 2.75) is 19.4 Å². The summed E-state index contributed by atoms with van der Waals surface area (Å²) in [5.74, 6) is 1.29. The number of nitrogens with one attached hydrogen (secondary N) is 1. The number of nitrogens with zero attached hydrogens (tertiary/aromatic N) is 4. The van der Waals surface area contributed by atoms with E-state index in [-0.39, 0.29) is 11.9 Å². The number of rotatable bonds is 4. The van der Waals surface area contributed by atoms with E-state index in [2.05, 4.69) is 21.5 Å². The number of benzene rings is 2. The van der Waals surface area contributed by atoms with Gasteiger partial charge in [-0.15, -0.1) is 0 Å². The second kappa shape index (κ2) is 7.92. The van der Waals surface area contributed by atoms with E-state index in [4.69, 9.17) is 9.72 Å². The van der Waals surface area contributed by atoms with Crippen LogP contribution in [0.3, 0.4) is 0 Å². The summed E-state index contributed by atoms with van der Waals surface area (Å²) >= 11 is 0. The molecule has 1 aliphatic rings. The van der Waals surface area contributed by atoms with Crippen molar-refractivity contribution >= 4 is 16.9 Å². The van der Waals surface area contributed by atoms with E-state index in [1.165, 1.54) is 0 Å². The number of carbonyl (C=O) groups is 1. The normalized spacial score (nSPS) is 16.0. The minimum absolute atomic E-state index is 0.184. The Bertz CT molecular complexity index is 1340. The SMILES string of the molecule is C=C1C[C@@H](c2nc3ccc(OC)cc3[nH]2)N(C(=O)c2nccnc2-c2cccc(C)c2)C1. The molecule has 2 aromatic carbocycles. The molecule has 1 atom stereocenters. The average molecular weight is 425 g/mol. The molecule has 0 radical (unpaired) electrons. The van der Waals surface area contributed by atoms with Crippen molar-refractivity contribution in [2.24, 2.45) is 0 Å². The smallest absolute Gasteiger partial charge is 0.275 e. The van der Waals surface area contributed by atoms with Crippen LogP contribution in [0.1, 0.15) is 34.3 Å². The largest absolute Gasteiger partial charge is 0.497 e. The Morgan fingerprint density at radius 1 is 1.19 bits per heavy atom. The van der Waals surface area contributed by atoms with Crippen LogP contribution in [0, 0.1) is 6.92 Å². The summed E-state index contributed by atoms with van der Waals surface area (Å²) in [5.41, 5.74) is 5.53. The number of ether oxygens (including phenoxy) is 1. The molecule has 1 amide bonds. The highest BCUT2D eigenvalue weighted by Crippen LogP contribution is 2.36. The molecule has 1 saturated heterocycles. The topological polar surface area (TPSA) is 84.0 Å². The van der Waals surface area contributed by atoms with Crippen LogP contribution in [0.4, 0.5) is 0 Å². The van der Waals surface area contributed by atoms with Gasteiger partial charge in [-0.25, -0.2) is 9.97 Å². The van der Waals surface area contributed by atoms with Crippen LogP contribution < -0.4 is 4.74 Å². The lowest BCUT2D eigenvalue weighted by atomic mass is 10.1. The van der Waals surface area contributed by atoms with Gasteiger partial charge in [0.05, 0.1) is 24.2 Å². The second-order valence-corrected chi connectivity index (χ2v) is 8.03. The summed E-state index contributed by atoms with van der Waals surface area (Å²) < 4.78 is 5.31. The van der Waals surface area contributed by atoms with E-state index in [9.17, 15) is 4.79 Å². The number of aromatic amines is 1. The van der Waals surface area contributed by atoms with E-state index in [1.807, 2.05) is 49.4 Å². The minimum Gasteiger partial charge on any atom is -0.497 e. The highest BCUT2D eigenvalue weighted by molar-refractivity contribution is 5.98. The number of H-pyrrole nitrogens is 1. The molecule has 1 fully saturated rings. The zero-order chi connectivity index (χ0) is 22.2. The van der Waals surface area contributed by atoms with Gasteiger partial charge in [0, 0.05) is 30.6 Å². The van der Waals surface area contributed by atoms with Gasteiger partial charge in [-0.2, -0.15) is 0 Å². The number of fused-ring (bicyclic) bond motifs is 1. The molecule has 2 aromatic heterocycles. The molecule has 4 aromatic rings. The van der Waals surface area contributed by atoms with Gasteiger partial charge in [-0.05, 0) is 31.5 Å². The minimum atomic E-state index is -0.249. The van der Waals surface area contributed by atoms with Crippen molar-refractivity contribution in [3.63, 3.8) is 0 Å². The van der Waals surface area contributed by atoms with E-state index < -0.39 is 0 Å². The van der Waals surface area contributed by atoms with E-state index in [0.717, 1.165) is 39.3 Å². The number of imidazole rings is 1. The van der Waals surface area contributed by atoms with Gasteiger partial charge in [-0.3, -0.25) is 9.78 Å². The molecule has 0 bridgehead atoms. The lowest BCUT2D eigenvalue weighted by molar-refractivity contribution is 0.0727. The van der Waals surface area contributed by atoms with Crippen LogP contribution in [-0.4, -0.2) is 44.4 Å². The Labute approximate surface area is 185 Å². The molecule has 0 unspecified atom stereocenters. The van der Waals surface area contributed by atoms with Crippen LogP contribution in [0.5, 0.6) is 5.75 Å².